The van der Waals surface area contributed by atoms with Crippen molar-refractivity contribution in [2.24, 2.45) is 0 Å². The second-order valence-corrected chi connectivity index (χ2v) is 3.86. The Kier molecular flexibility index (Phi) is 3.69. The Bertz CT molecular complexity index is 214. The fourth-order valence-corrected chi connectivity index (χ4v) is 1.50. The van der Waals surface area contributed by atoms with Gasteiger partial charge in [-0.25, -0.2) is 0 Å². The summed E-state index contributed by atoms with van der Waals surface area (Å²) >= 11 is 0. The number of hydrogen-bond donors (Lipinski definition) is 0. The van der Waals surface area contributed by atoms with E-state index in [2.05, 4.69) is 48.7 Å². The number of allylic oxidation sites excluding steroid dienone is 1. The van der Waals surface area contributed by atoms with Crippen molar-refractivity contribution in [3.63, 3.8) is 0 Å². The number of rotatable bonds is 3. The van der Waals surface area contributed by atoms with Gasteiger partial charge < -0.3 is 0 Å². The quantitative estimate of drug-likeness (QED) is 0.596. The monoisotopic (exact) mass is 162 g/mol. The van der Waals surface area contributed by atoms with E-state index in [1.807, 2.05) is 0 Å². The average molecular weight is 162 g/mol. The van der Waals surface area contributed by atoms with Gasteiger partial charge in [0.1, 0.15) is 0 Å². The molecule has 1 aromatic rings. The topological polar surface area (TPSA) is 0 Å². The largest absolute Gasteiger partial charge is 0.105 e. The average Bonchev–Trinajstić information content (AvgIpc) is 2.07. The molecular weight excluding hydrogens is 148 g/mol. The van der Waals surface area contributed by atoms with Crippen LogP contribution in [0.5, 0.6) is 0 Å². The molecule has 0 aliphatic rings. The number of hydrogen-bond acceptors (Lipinski definition) is 0. The molecule has 0 radical (unpaired) electrons. The second-order valence-electron chi connectivity index (χ2n) is 2.57. The molecule has 0 aliphatic carbocycles. The van der Waals surface area contributed by atoms with E-state index in [9.17, 15) is 0 Å². The van der Waals surface area contributed by atoms with Crippen LogP contribution >= 0.6 is 0 Å². The molecule has 58 valence electrons. The van der Waals surface area contributed by atoms with Crippen LogP contribution < -0.4 is 0 Å². The van der Waals surface area contributed by atoms with E-state index in [1.54, 1.807) is 0 Å². The summed E-state index contributed by atoms with van der Waals surface area (Å²) in [5, 5.41) is 0. The van der Waals surface area contributed by atoms with Crippen LogP contribution in [-0.4, -0.2) is 9.52 Å². The Balaban J connectivity index is 2.45. The summed E-state index contributed by atoms with van der Waals surface area (Å²) in [7, 11) is 0.118. The Morgan fingerprint density at radius 1 is 1.27 bits per heavy atom. The minimum absolute atomic E-state index is 0.118. The Labute approximate surface area is 70.8 Å². The fourth-order valence-electron chi connectivity index (χ4n) is 1.00. The van der Waals surface area contributed by atoms with Gasteiger partial charge in [0.2, 0.25) is 0 Å². The van der Waals surface area contributed by atoms with Gasteiger partial charge in [0.05, 0.1) is 0 Å². The summed E-state index contributed by atoms with van der Waals surface area (Å²) in [6, 6.07) is 10.6. The van der Waals surface area contributed by atoms with Crippen LogP contribution in [-0.2, 0) is 6.42 Å². The molecule has 1 aromatic carbocycles. The highest BCUT2D eigenvalue weighted by molar-refractivity contribution is 6.40. The third-order valence-electron chi connectivity index (χ3n) is 1.60. The van der Waals surface area contributed by atoms with Crippen LogP contribution in [0.15, 0.2) is 42.1 Å². The predicted molar refractivity (Wildman–Crippen MR) is 53.7 cm³/mol. The molecule has 0 unspecified atom stereocenters. The van der Waals surface area contributed by atoms with Crippen molar-refractivity contribution in [3.8, 4) is 0 Å². The third kappa shape index (κ3) is 3.19. The normalized spacial score (nSPS) is 11.7. The first-order valence-corrected chi connectivity index (χ1v) is 6.35. The highest BCUT2D eigenvalue weighted by Gasteiger charge is 1.83. The molecule has 1 rings (SSSR count). The maximum absolute atomic E-state index is 2.34. The summed E-state index contributed by atoms with van der Waals surface area (Å²) in [5.74, 6) is 0. The molecule has 1 heteroatoms. The molecule has 11 heavy (non-hydrogen) atoms. The highest BCUT2D eigenvalue weighted by atomic mass is 28.2. The standard InChI is InChI=1S/C10H14Si/c1-11-9-5-8-10-6-3-2-4-7-10/h2-7,9H,8,11H2,1H3. The Hall–Kier alpha value is -0.823. The van der Waals surface area contributed by atoms with Gasteiger partial charge >= 0.3 is 0 Å². The first kappa shape index (κ1) is 8.28. The lowest BCUT2D eigenvalue weighted by Crippen LogP contribution is -1.79. The Morgan fingerprint density at radius 3 is 2.64 bits per heavy atom. The van der Waals surface area contributed by atoms with Crippen LogP contribution in [0.2, 0.25) is 6.55 Å². The summed E-state index contributed by atoms with van der Waals surface area (Å²) in [4.78, 5) is 0. The molecule has 0 atom stereocenters. The van der Waals surface area contributed by atoms with Crippen molar-refractivity contribution in [2.45, 2.75) is 13.0 Å². The summed E-state index contributed by atoms with van der Waals surface area (Å²) in [6.45, 7) is 2.29. The van der Waals surface area contributed by atoms with Gasteiger partial charge in [0.25, 0.3) is 0 Å². The second kappa shape index (κ2) is 4.91. The minimum atomic E-state index is 0.118. The maximum Gasteiger partial charge on any atom is 0.0419 e. The molecule has 0 bridgehead atoms. The summed E-state index contributed by atoms with van der Waals surface area (Å²) < 4.78 is 0. The van der Waals surface area contributed by atoms with Crippen molar-refractivity contribution in [2.75, 3.05) is 0 Å². The highest BCUT2D eigenvalue weighted by Crippen LogP contribution is 1.99. The van der Waals surface area contributed by atoms with E-state index >= 15 is 0 Å². The van der Waals surface area contributed by atoms with E-state index in [0.717, 1.165) is 6.42 Å². The van der Waals surface area contributed by atoms with E-state index in [1.165, 1.54) is 5.56 Å². The van der Waals surface area contributed by atoms with E-state index in [-0.39, 0.29) is 9.52 Å². The van der Waals surface area contributed by atoms with Gasteiger partial charge in [0, 0.05) is 9.52 Å². The molecule has 0 nitrogen and oxygen atoms in total. The van der Waals surface area contributed by atoms with E-state index < -0.39 is 0 Å². The van der Waals surface area contributed by atoms with Crippen molar-refractivity contribution < 1.29 is 0 Å². The van der Waals surface area contributed by atoms with Crippen molar-refractivity contribution in [1.82, 2.24) is 0 Å². The molecular formula is C10H14Si. The Morgan fingerprint density at radius 2 is 2.00 bits per heavy atom. The first-order valence-electron chi connectivity index (χ1n) is 4.12. The first-order chi connectivity index (χ1) is 5.43. The number of benzene rings is 1. The van der Waals surface area contributed by atoms with Crippen molar-refractivity contribution >= 4 is 9.52 Å². The molecule has 0 N–H and O–H groups in total. The summed E-state index contributed by atoms with van der Waals surface area (Å²) in [5.41, 5.74) is 3.75. The lowest BCUT2D eigenvalue weighted by molar-refractivity contribution is 1.27. The molecule has 0 fully saturated rings. The lowest BCUT2D eigenvalue weighted by atomic mass is 10.2. The third-order valence-corrected chi connectivity index (χ3v) is 2.40. The predicted octanol–water partition coefficient (Wildman–Crippen LogP) is 1.96. The zero-order valence-corrected chi connectivity index (χ0v) is 8.37. The van der Waals surface area contributed by atoms with Gasteiger partial charge in [-0.05, 0) is 12.0 Å². The zero-order valence-electron chi connectivity index (χ0n) is 6.96. The molecule has 0 amide bonds. The summed E-state index contributed by atoms with van der Waals surface area (Å²) in [6.07, 6.45) is 3.38. The molecule has 0 spiro atoms. The van der Waals surface area contributed by atoms with Crippen LogP contribution in [0.25, 0.3) is 0 Å². The van der Waals surface area contributed by atoms with Crippen LogP contribution in [0.3, 0.4) is 0 Å². The molecule has 0 heterocycles. The SMILES string of the molecule is C[SiH2]C=CCc1ccccc1. The van der Waals surface area contributed by atoms with Gasteiger partial charge in [-0.1, -0.05) is 43.0 Å². The van der Waals surface area contributed by atoms with Gasteiger partial charge in [-0.3, -0.25) is 0 Å². The minimum Gasteiger partial charge on any atom is -0.105 e. The van der Waals surface area contributed by atoms with Crippen LogP contribution in [0, 0.1) is 0 Å². The molecule has 0 saturated carbocycles. The van der Waals surface area contributed by atoms with Crippen molar-refractivity contribution in [1.29, 1.82) is 0 Å². The lowest BCUT2D eigenvalue weighted by Gasteiger charge is -1.92. The van der Waals surface area contributed by atoms with E-state index in [4.69, 9.17) is 0 Å². The smallest absolute Gasteiger partial charge is 0.0419 e. The van der Waals surface area contributed by atoms with Gasteiger partial charge in [-0.15, -0.1) is 5.70 Å². The fraction of sp³-hybridized carbons (Fsp3) is 0.200. The molecule has 0 aliphatic heterocycles. The zero-order chi connectivity index (χ0) is 7.94. The van der Waals surface area contributed by atoms with Crippen LogP contribution in [0.1, 0.15) is 5.56 Å². The molecule has 0 aromatic heterocycles. The molecule has 0 saturated heterocycles. The van der Waals surface area contributed by atoms with Crippen molar-refractivity contribution in [3.05, 3.63) is 47.7 Å². The maximum atomic E-state index is 2.34. The van der Waals surface area contributed by atoms with Gasteiger partial charge in [-0.2, -0.15) is 0 Å². The van der Waals surface area contributed by atoms with Crippen LogP contribution in [0.4, 0.5) is 0 Å². The van der Waals surface area contributed by atoms with Gasteiger partial charge in [0.15, 0.2) is 0 Å². The van der Waals surface area contributed by atoms with E-state index in [0.29, 0.717) is 0 Å².